The summed E-state index contributed by atoms with van der Waals surface area (Å²) in [6.45, 7) is 7.13. The van der Waals surface area contributed by atoms with Gasteiger partial charge in [0.15, 0.2) is 0 Å². The van der Waals surface area contributed by atoms with Gasteiger partial charge in [0.05, 0.1) is 0 Å². The second-order valence-corrected chi connectivity index (χ2v) is 6.07. The largest absolute Gasteiger partial charge is 0.356 e. The Hall–Kier alpha value is -0.570. The summed E-state index contributed by atoms with van der Waals surface area (Å²) in [6.07, 6.45) is 0. The molecule has 2 atom stereocenters. The number of hydrogen-bond acceptors (Lipinski definition) is 2. The molecule has 15 heavy (non-hydrogen) atoms. The van der Waals surface area contributed by atoms with Crippen LogP contribution in [-0.2, 0) is 0 Å². The van der Waals surface area contributed by atoms with Crippen LogP contribution in [-0.4, -0.2) is 18.1 Å². The number of piperidine rings is 1. The van der Waals surface area contributed by atoms with Gasteiger partial charge < -0.3 is 4.90 Å². The lowest BCUT2D eigenvalue weighted by molar-refractivity contribution is 0.498. The molecule has 2 aliphatic rings. The van der Waals surface area contributed by atoms with Gasteiger partial charge in [0.25, 0.3) is 0 Å². The monoisotopic (exact) mass is 266 g/mol. The summed E-state index contributed by atoms with van der Waals surface area (Å²) in [5.74, 6) is 2.89. The summed E-state index contributed by atoms with van der Waals surface area (Å²) in [6, 6.07) is 6.13. The van der Waals surface area contributed by atoms with Crippen LogP contribution in [0.2, 0.25) is 0 Å². The van der Waals surface area contributed by atoms with E-state index < -0.39 is 0 Å². The summed E-state index contributed by atoms with van der Waals surface area (Å²) in [5.41, 5.74) is 0.586. The zero-order chi connectivity index (χ0) is 10.6. The average Bonchev–Trinajstić information content (AvgIpc) is 2.63. The average molecular weight is 267 g/mol. The molecule has 2 nitrogen and oxygen atoms in total. The molecule has 0 aromatic carbocycles. The molecular formula is C12H15BrN2. The highest BCUT2D eigenvalue weighted by atomic mass is 79.9. The lowest BCUT2D eigenvalue weighted by atomic mass is 10.1. The van der Waals surface area contributed by atoms with Crippen molar-refractivity contribution in [3.63, 3.8) is 0 Å². The van der Waals surface area contributed by atoms with Gasteiger partial charge in [0.2, 0.25) is 0 Å². The van der Waals surface area contributed by atoms with E-state index in [1.54, 1.807) is 0 Å². The third-order valence-corrected chi connectivity index (χ3v) is 4.59. The van der Waals surface area contributed by atoms with Crippen LogP contribution in [0.15, 0.2) is 22.8 Å². The Labute approximate surface area is 98.8 Å². The summed E-state index contributed by atoms with van der Waals surface area (Å²) in [5, 5.41) is 0. The summed E-state index contributed by atoms with van der Waals surface area (Å²) >= 11 is 3.42. The van der Waals surface area contributed by atoms with Gasteiger partial charge in [0, 0.05) is 13.1 Å². The minimum atomic E-state index is 0.586. The lowest BCUT2D eigenvalue weighted by Gasteiger charge is -2.23. The number of pyridine rings is 1. The van der Waals surface area contributed by atoms with Crippen LogP contribution < -0.4 is 4.90 Å². The molecular weight excluding hydrogens is 252 g/mol. The molecule has 2 unspecified atom stereocenters. The second-order valence-electron chi connectivity index (χ2n) is 5.26. The van der Waals surface area contributed by atoms with Crippen molar-refractivity contribution in [3.8, 4) is 0 Å². The highest BCUT2D eigenvalue weighted by Crippen LogP contribution is 2.62. The molecule has 1 saturated carbocycles. The van der Waals surface area contributed by atoms with Crippen LogP contribution in [0.1, 0.15) is 13.8 Å². The first kappa shape index (κ1) is 9.64. The number of nitrogens with zero attached hydrogens (tertiary/aromatic N) is 2. The van der Waals surface area contributed by atoms with E-state index in [-0.39, 0.29) is 0 Å². The molecule has 3 rings (SSSR count). The quantitative estimate of drug-likeness (QED) is 0.727. The number of aromatic nitrogens is 1. The molecule has 80 valence electrons. The first-order chi connectivity index (χ1) is 7.09. The topological polar surface area (TPSA) is 16.1 Å². The van der Waals surface area contributed by atoms with E-state index in [0.717, 1.165) is 22.3 Å². The summed E-state index contributed by atoms with van der Waals surface area (Å²) in [7, 11) is 0. The first-order valence-corrected chi connectivity index (χ1v) is 6.26. The van der Waals surface area contributed by atoms with Gasteiger partial charge in [-0.3, -0.25) is 0 Å². The van der Waals surface area contributed by atoms with E-state index >= 15 is 0 Å². The predicted octanol–water partition coefficient (Wildman–Crippen LogP) is 2.94. The molecule has 0 radical (unpaired) electrons. The Morgan fingerprint density at radius 2 is 2.00 bits per heavy atom. The minimum Gasteiger partial charge on any atom is -0.356 e. The molecule has 0 spiro atoms. The van der Waals surface area contributed by atoms with Crippen molar-refractivity contribution in [3.05, 3.63) is 22.8 Å². The maximum Gasteiger partial charge on any atom is 0.129 e. The van der Waals surface area contributed by atoms with Crippen LogP contribution in [0.25, 0.3) is 0 Å². The SMILES string of the molecule is CC1(C)C2CN(c3cccc(Br)n3)CC21. The van der Waals surface area contributed by atoms with Gasteiger partial charge >= 0.3 is 0 Å². The fourth-order valence-electron chi connectivity index (χ4n) is 2.89. The van der Waals surface area contributed by atoms with E-state index in [1.165, 1.54) is 13.1 Å². The number of anilines is 1. The van der Waals surface area contributed by atoms with Crippen molar-refractivity contribution in [2.45, 2.75) is 13.8 Å². The fourth-order valence-corrected chi connectivity index (χ4v) is 3.23. The zero-order valence-corrected chi connectivity index (χ0v) is 10.7. The van der Waals surface area contributed by atoms with Gasteiger partial charge in [-0.2, -0.15) is 0 Å². The number of halogens is 1. The van der Waals surface area contributed by atoms with E-state index in [1.807, 2.05) is 6.07 Å². The number of rotatable bonds is 1. The summed E-state index contributed by atoms with van der Waals surface area (Å²) < 4.78 is 0.930. The van der Waals surface area contributed by atoms with Crippen molar-refractivity contribution in [2.24, 2.45) is 17.3 Å². The maximum atomic E-state index is 4.50. The van der Waals surface area contributed by atoms with E-state index in [9.17, 15) is 0 Å². The molecule has 2 heterocycles. The molecule has 1 saturated heterocycles. The molecule has 2 fully saturated rings. The Morgan fingerprint density at radius 3 is 2.60 bits per heavy atom. The van der Waals surface area contributed by atoms with Gasteiger partial charge in [-0.05, 0) is 45.3 Å². The van der Waals surface area contributed by atoms with Crippen molar-refractivity contribution in [2.75, 3.05) is 18.0 Å². The highest BCUT2D eigenvalue weighted by molar-refractivity contribution is 9.10. The Balaban J connectivity index is 1.78. The predicted molar refractivity (Wildman–Crippen MR) is 64.9 cm³/mol. The molecule has 1 aromatic heterocycles. The van der Waals surface area contributed by atoms with Crippen LogP contribution in [0.5, 0.6) is 0 Å². The normalized spacial score (nSPS) is 31.5. The molecule has 1 aliphatic heterocycles. The number of hydrogen-bond donors (Lipinski definition) is 0. The maximum absolute atomic E-state index is 4.50. The third-order valence-electron chi connectivity index (χ3n) is 4.15. The third kappa shape index (κ3) is 1.40. The molecule has 3 heteroatoms. The molecule has 0 bridgehead atoms. The van der Waals surface area contributed by atoms with Crippen LogP contribution in [0, 0.1) is 17.3 Å². The molecule has 0 N–H and O–H groups in total. The Bertz CT molecular complexity index is 388. The van der Waals surface area contributed by atoms with Crippen LogP contribution in [0.3, 0.4) is 0 Å². The zero-order valence-electron chi connectivity index (χ0n) is 9.07. The Morgan fingerprint density at radius 1 is 1.33 bits per heavy atom. The molecule has 0 amide bonds. The van der Waals surface area contributed by atoms with Gasteiger partial charge in [-0.15, -0.1) is 0 Å². The van der Waals surface area contributed by atoms with Gasteiger partial charge in [-0.25, -0.2) is 4.98 Å². The first-order valence-electron chi connectivity index (χ1n) is 5.46. The van der Waals surface area contributed by atoms with E-state index in [0.29, 0.717) is 5.41 Å². The van der Waals surface area contributed by atoms with Crippen LogP contribution in [0.4, 0.5) is 5.82 Å². The fraction of sp³-hybridized carbons (Fsp3) is 0.583. The molecule has 1 aromatic rings. The lowest BCUT2D eigenvalue weighted by Crippen LogP contribution is -2.26. The number of fused-ring (bicyclic) bond motifs is 1. The molecule has 1 aliphatic carbocycles. The van der Waals surface area contributed by atoms with E-state index in [2.05, 4.69) is 51.8 Å². The van der Waals surface area contributed by atoms with Gasteiger partial charge in [-0.1, -0.05) is 19.9 Å². The Kier molecular flexibility index (Phi) is 1.91. The van der Waals surface area contributed by atoms with Gasteiger partial charge in [0.1, 0.15) is 10.4 Å². The van der Waals surface area contributed by atoms with Crippen LogP contribution >= 0.6 is 15.9 Å². The minimum absolute atomic E-state index is 0.586. The van der Waals surface area contributed by atoms with Crippen molar-refractivity contribution < 1.29 is 0 Å². The van der Waals surface area contributed by atoms with Crippen molar-refractivity contribution in [1.82, 2.24) is 4.98 Å². The summed E-state index contributed by atoms with van der Waals surface area (Å²) in [4.78, 5) is 6.91. The smallest absolute Gasteiger partial charge is 0.129 e. The van der Waals surface area contributed by atoms with Crippen molar-refractivity contribution >= 4 is 21.7 Å². The van der Waals surface area contributed by atoms with Crippen molar-refractivity contribution in [1.29, 1.82) is 0 Å². The highest BCUT2D eigenvalue weighted by Gasteiger charge is 2.62. The second kappa shape index (κ2) is 2.97. The standard InChI is InChI=1S/C12H15BrN2/c1-12(2)8-6-15(7-9(8)12)11-5-3-4-10(13)14-11/h3-5,8-9H,6-7H2,1-2H3. The van der Waals surface area contributed by atoms with E-state index in [4.69, 9.17) is 0 Å².